The highest BCUT2D eigenvalue weighted by molar-refractivity contribution is 5.83. The lowest BCUT2D eigenvalue weighted by Crippen LogP contribution is -2.51. The lowest BCUT2D eigenvalue weighted by atomic mass is 9.79. The van der Waals surface area contributed by atoms with Gasteiger partial charge in [0.25, 0.3) is 0 Å². The summed E-state index contributed by atoms with van der Waals surface area (Å²) in [5.74, 6) is 0.688. The highest BCUT2D eigenvalue weighted by atomic mass is 16.3. The van der Waals surface area contributed by atoms with E-state index in [9.17, 15) is 9.90 Å². The third-order valence-electron chi connectivity index (χ3n) is 5.45. The third kappa shape index (κ3) is 2.40. The number of rotatable bonds is 3. The number of likely N-dealkylation sites (tertiary alicyclic amines) is 1. The minimum Gasteiger partial charge on any atom is -0.388 e. The van der Waals surface area contributed by atoms with Crippen LogP contribution in [0.25, 0.3) is 0 Å². The van der Waals surface area contributed by atoms with Gasteiger partial charge in [-0.05, 0) is 51.6 Å². The molecule has 0 aromatic carbocycles. The van der Waals surface area contributed by atoms with Crippen molar-refractivity contribution in [1.29, 1.82) is 0 Å². The molecule has 1 saturated heterocycles. The molecule has 3 aliphatic rings. The van der Waals surface area contributed by atoms with Crippen molar-refractivity contribution >= 4 is 5.91 Å². The molecule has 2 aliphatic carbocycles. The fourth-order valence-corrected chi connectivity index (χ4v) is 3.99. The Kier molecular flexibility index (Phi) is 3.13. The van der Waals surface area contributed by atoms with Crippen LogP contribution in [-0.4, -0.2) is 60.1 Å². The van der Waals surface area contributed by atoms with Crippen LogP contribution in [0.3, 0.4) is 0 Å². The molecular formula is C15H26N2O2. The summed E-state index contributed by atoms with van der Waals surface area (Å²) in [5, 5.41) is 10.5. The van der Waals surface area contributed by atoms with Gasteiger partial charge in [-0.15, -0.1) is 0 Å². The van der Waals surface area contributed by atoms with Gasteiger partial charge in [0.2, 0.25) is 5.91 Å². The minimum absolute atomic E-state index is 0.321. The minimum atomic E-state index is -0.599. The van der Waals surface area contributed by atoms with E-state index in [-0.39, 0.29) is 0 Å². The van der Waals surface area contributed by atoms with Crippen molar-refractivity contribution in [2.24, 2.45) is 11.3 Å². The predicted octanol–water partition coefficient (Wildman–Crippen LogP) is 1.09. The zero-order chi connectivity index (χ0) is 13.7. The number of amides is 1. The molecule has 1 amide bonds. The number of carbonyl (C=O) groups is 1. The Bertz CT molecular complexity index is 368. The molecule has 108 valence electrons. The summed E-state index contributed by atoms with van der Waals surface area (Å²) in [7, 11) is 3.97. The van der Waals surface area contributed by atoms with Crippen LogP contribution in [-0.2, 0) is 4.79 Å². The fraction of sp³-hybridized carbons (Fsp3) is 0.933. The number of hydrogen-bond acceptors (Lipinski definition) is 3. The molecule has 1 aliphatic heterocycles. The Balaban J connectivity index is 1.51. The van der Waals surface area contributed by atoms with Crippen LogP contribution >= 0.6 is 0 Å². The standard InChI is InChI=1S/C15H26N2O2/c1-16(2)11-15(19)6-8-17(9-7-15)13(18)12-10-14(12)4-3-5-14/h12,19H,3-11H2,1-2H3/t12-/m1/s1. The average Bonchev–Trinajstić information content (AvgIpc) is 3.02. The topological polar surface area (TPSA) is 43.8 Å². The van der Waals surface area contributed by atoms with E-state index in [2.05, 4.69) is 0 Å². The summed E-state index contributed by atoms with van der Waals surface area (Å²) >= 11 is 0. The molecule has 19 heavy (non-hydrogen) atoms. The van der Waals surface area contributed by atoms with Crippen LogP contribution in [0.2, 0.25) is 0 Å². The lowest BCUT2D eigenvalue weighted by Gasteiger charge is -2.40. The van der Waals surface area contributed by atoms with E-state index < -0.39 is 5.60 Å². The van der Waals surface area contributed by atoms with Crippen molar-refractivity contribution < 1.29 is 9.90 Å². The Morgan fingerprint density at radius 2 is 1.89 bits per heavy atom. The molecule has 4 nitrogen and oxygen atoms in total. The Morgan fingerprint density at radius 1 is 1.26 bits per heavy atom. The van der Waals surface area contributed by atoms with Crippen molar-refractivity contribution in [3.8, 4) is 0 Å². The van der Waals surface area contributed by atoms with Gasteiger partial charge in [0.15, 0.2) is 0 Å². The molecule has 3 rings (SSSR count). The van der Waals surface area contributed by atoms with E-state index in [1.807, 2.05) is 23.9 Å². The van der Waals surface area contributed by atoms with E-state index >= 15 is 0 Å². The smallest absolute Gasteiger partial charge is 0.226 e. The number of hydrogen-bond donors (Lipinski definition) is 1. The zero-order valence-electron chi connectivity index (χ0n) is 12.2. The monoisotopic (exact) mass is 266 g/mol. The summed E-state index contributed by atoms with van der Waals surface area (Å²) in [4.78, 5) is 16.5. The van der Waals surface area contributed by atoms with Gasteiger partial charge in [-0.1, -0.05) is 6.42 Å². The first-order valence-electron chi connectivity index (χ1n) is 7.60. The van der Waals surface area contributed by atoms with E-state index in [1.165, 1.54) is 19.3 Å². The maximum Gasteiger partial charge on any atom is 0.226 e. The maximum atomic E-state index is 12.4. The molecule has 1 heterocycles. The van der Waals surface area contributed by atoms with Gasteiger partial charge in [0.1, 0.15) is 0 Å². The van der Waals surface area contributed by atoms with Crippen LogP contribution in [0.15, 0.2) is 0 Å². The van der Waals surface area contributed by atoms with E-state index in [0.717, 1.165) is 32.4 Å². The predicted molar refractivity (Wildman–Crippen MR) is 73.7 cm³/mol. The Morgan fingerprint density at radius 3 is 2.32 bits per heavy atom. The first-order chi connectivity index (χ1) is 8.94. The molecule has 4 heteroatoms. The molecule has 3 fully saturated rings. The summed E-state index contributed by atoms with van der Waals surface area (Å²) in [6, 6.07) is 0. The average molecular weight is 266 g/mol. The summed E-state index contributed by atoms with van der Waals surface area (Å²) in [6.07, 6.45) is 6.41. The molecule has 1 atom stereocenters. The number of likely N-dealkylation sites (N-methyl/N-ethyl adjacent to an activating group) is 1. The number of nitrogens with zero attached hydrogens (tertiary/aromatic N) is 2. The first kappa shape index (κ1) is 13.4. The second-order valence-corrected chi connectivity index (χ2v) is 7.26. The zero-order valence-corrected chi connectivity index (χ0v) is 12.2. The largest absolute Gasteiger partial charge is 0.388 e. The summed E-state index contributed by atoms with van der Waals surface area (Å²) in [6.45, 7) is 2.16. The number of piperidine rings is 1. The molecule has 2 saturated carbocycles. The Hall–Kier alpha value is -0.610. The molecular weight excluding hydrogens is 240 g/mol. The van der Waals surface area contributed by atoms with Gasteiger partial charge < -0.3 is 14.9 Å². The number of carbonyl (C=O) groups excluding carboxylic acids is 1. The molecule has 0 radical (unpaired) electrons. The van der Waals surface area contributed by atoms with Crippen LogP contribution in [0.4, 0.5) is 0 Å². The summed E-state index contributed by atoms with van der Waals surface area (Å²) in [5.41, 5.74) is -0.174. The highest BCUT2D eigenvalue weighted by Crippen LogP contribution is 2.66. The first-order valence-corrected chi connectivity index (χ1v) is 7.60. The van der Waals surface area contributed by atoms with Crippen molar-refractivity contribution in [3.63, 3.8) is 0 Å². The van der Waals surface area contributed by atoms with Crippen molar-refractivity contribution in [3.05, 3.63) is 0 Å². The summed E-state index contributed by atoms with van der Waals surface area (Å²) < 4.78 is 0. The van der Waals surface area contributed by atoms with Crippen LogP contribution in [0, 0.1) is 11.3 Å². The second kappa shape index (κ2) is 4.45. The van der Waals surface area contributed by atoms with Crippen molar-refractivity contribution in [2.45, 2.75) is 44.1 Å². The van der Waals surface area contributed by atoms with Crippen molar-refractivity contribution in [1.82, 2.24) is 9.80 Å². The maximum absolute atomic E-state index is 12.4. The van der Waals surface area contributed by atoms with Gasteiger partial charge in [-0.25, -0.2) is 0 Å². The molecule has 0 aromatic heterocycles. The van der Waals surface area contributed by atoms with Gasteiger partial charge in [-0.2, -0.15) is 0 Å². The second-order valence-electron chi connectivity index (χ2n) is 7.26. The molecule has 1 N–H and O–H groups in total. The normalized spacial score (nSPS) is 31.4. The van der Waals surface area contributed by atoms with E-state index in [0.29, 0.717) is 23.8 Å². The van der Waals surface area contributed by atoms with E-state index in [1.54, 1.807) is 0 Å². The molecule has 0 aromatic rings. The molecule has 1 spiro atoms. The van der Waals surface area contributed by atoms with Gasteiger partial charge >= 0.3 is 0 Å². The van der Waals surface area contributed by atoms with Gasteiger partial charge in [-0.3, -0.25) is 4.79 Å². The SMILES string of the molecule is CN(C)CC1(O)CCN(C(=O)[C@H]2CC23CCC3)CC1. The van der Waals surface area contributed by atoms with Crippen LogP contribution in [0.5, 0.6) is 0 Å². The van der Waals surface area contributed by atoms with Crippen LogP contribution < -0.4 is 0 Å². The molecule has 0 unspecified atom stereocenters. The highest BCUT2D eigenvalue weighted by Gasteiger charge is 2.61. The quantitative estimate of drug-likeness (QED) is 0.831. The van der Waals surface area contributed by atoms with Gasteiger partial charge in [0, 0.05) is 25.6 Å². The fourth-order valence-electron chi connectivity index (χ4n) is 3.99. The van der Waals surface area contributed by atoms with Gasteiger partial charge in [0.05, 0.1) is 5.60 Å². The van der Waals surface area contributed by atoms with E-state index in [4.69, 9.17) is 0 Å². The Labute approximate surface area is 115 Å². The van der Waals surface area contributed by atoms with Crippen LogP contribution in [0.1, 0.15) is 38.5 Å². The third-order valence-corrected chi connectivity index (χ3v) is 5.45. The number of aliphatic hydroxyl groups is 1. The van der Waals surface area contributed by atoms with Crippen molar-refractivity contribution in [2.75, 3.05) is 33.7 Å². The lowest BCUT2D eigenvalue weighted by molar-refractivity contribution is -0.138. The molecule has 0 bridgehead atoms.